The first-order chi connectivity index (χ1) is 13.3. The van der Waals surface area contributed by atoms with Crippen LogP contribution >= 0.6 is 0 Å². The fourth-order valence-electron chi connectivity index (χ4n) is 3.24. The summed E-state index contributed by atoms with van der Waals surface area (Å²) in [5.41, 5.74) is 2.26. The maximum absolute atomic E-state index is 13.1. The first-order valence-corrected chi connectivity index (χ1v) is 9.87. The maximum atomic E-state index is 13.1. The van der Waals surface area contributed by atoms with E-state index in [1.165, 1.54) is 6.07 Å². The fourth-order valence-corrected chi connectivity index (χ4v) is 3.77. The molecule has 0 fully saturated rings. The molecule has 140 valence electrons. The first-order valence-electron chi connectivity index (χ1n) is 8.43. The molecule has 1 aliphatic carbocycles. The van der Waals surface area contributed by atoms with E-state index in [2.05, 4.69) is 5.32 Å². The normalized spacial score (nSPS) is 13.1. The number of carbonyl (C=O) groups is 2. The Morgan fingerprint density at radius 3 is 2.04 bits per heavy atom. The molecule has 0 aromatic heterocycles. The van der Waals surface area contributed by atoms with Crippen molar-refractivity contribution in [1.29, 1.82) is 0 Å². The van der Waals surface area contributed by atoms with Crippen molar-refractivity contribution in [1.82, 2.24) is 0 Å². The Morgan fingerprint density at radius 2 is 1.43 bits per heavy atom. The van der Waals surface area contributed by atoms with Crippen LogP contribution in [0.5, 0.6) is 0 Å². The van der Waals surface area contributed by atoms with Gasteiger partial charge >= 0.3 is 0 Å². The summed E-state index contributed by atoms with van der Waals surface area (Å²) < 4.78 is 33.0. The van der Waals surface area contributed by atoms with Gasteiger partial charge < -0.3 is 5.32 Å². The molecule has 28 heavy (non-hydrogen) atoms. The Bertz CT molecular complexity index is 1240. The number of anilines is 2. The van der Waals surface area contributed by atoms with E-state index in [1.54, 1.807) is 30.3 Å². The molecule has 0 spiro atoms. The third-order valence-corrected chi connectivity index (χ3v) is 5.46. The van der Waals surface area contributed by atoms with Crippen molar-refractivity contribution in [2.45, 2.75) is 11.8 Å². The summed E-state index contributed by atoms with van der Waals surface area (Å²) in [4.78, 5) is 25.5. The van der Waals surface area contributed by atoms with Crippen molar-refractivity contribution >= 4 is 33.1 Å². The van der Waals surface area contributed by atoms with Gasteiger partial charge in [-0.25, -0.2) is 0 Å². The second-order valence-corrected chi connectivity index (χ2v) is 7.98. The van der Waals surface area contributed by atoms with E-state index in [0.717, 1.165) is 17.7 Å². The molecule has 0 saturated heterocycles. The average Bonchev–Trinajstić information content (AvgIpc) is 2.66. The molecule has 0 bridgehead atoms. The van der Waals surface area contributed by atoms with Gasteiger partial charge in [-0.15, -0.1) is 0 Å². The van der Waals surface area contributed by atoms with Gasteiger partial charge in [-0.1, -0.05) is 42.0 Å². The SMILES string of the molecule is Cc1ccc(Nc2cc(S(=O)(=O)O)cc3c2C(=O)c2ccccc2C3=O)cc1. The lowest BCUT2D eigenvalue weighted by Gasteiger charge is -2.21. The second kappa shape index (κ2) is 6.40. The van der Waals surface area contributed by atoms with Crippen molar-refractivity contribution in [3.63, 3.8) is 0 Å². The van der Waals surface area contributed by atoms with Crippen molar-refractivity contribution in [3.05, 3.63) is 88.5 Å². The zero-order chi connectivity index (χ0) is 20.1. The molecule has 0 saturated carbocycles. The summed E-state index contributed by atoms with van der Waals surface area (Å²) in [5.74, 6) is -0.857. The van der Waals surface area contributed by atoms with Crippen LogP contribution in [0.15, 0.2) is 65.6 Å². The third-order valence-electron chi connectivity index (χ3n) is 4.63. The van der Waals surface area contributed by atoms with Gasteiger partial charge in [-0.05, 0) is 31.2 Å². The number of carbonyl (C=O) groups excluding carboxylic acids is 2. The van der Waals surface area contributed by atoms with Gasteiger partial charge in [-0.2, -0.15) is 8.42 Å². The number of fused-ring (bicyclic) bond motifs is 2. The van der Waals surface area contributed by atoms with Gasteiger partial charge in [0.15, 0.2) is 11.6 Å². The molecule has 6 nitrogen and oxygen atoms in total. The van der Waals surface area contributed by atoms with Crippen LogP contribution in [0.2, 0.25) is 0 Å². The Labute approximate surface area is 161 Å². The third kappa shape index (κ3) is 3.00. The number of hydrogen-bond acceptors (Lipinski definition) is 5. The van der Waals surface area contributed by atoms with Crippen LogP contribution in [0.25, 0.3) is 0 Å². The predicted octanol–water partition coefficient (Wildman–Crippen LogP) is 3.76. The summed E-state index contributed by atoms with van der Waals surface area (Å²) in [7, 11) is -4.58. The lowest BCUT2D eigenvalue weighted by Crippen LogP contribution is -2.23. The highest BCUT2D eigenvalue weighted by Crippen LogP contribution is 2.35. The van der Waals surface area contributed by atoms with Crippen LogP contribution in [-0.4, -0.2) is 24.5 Å². The van der Waals surface area contributed by atoms with E-state index >= 15 is 0 Å². The zero-order valence-electron chi connectivity index (χ0n) is 14.8. The van der Waals surface area contributed by atoms with E-state index in [-0.39, 0.29) is 33.7 Å². The van der Waals surface area contributed by atoms with Crippen LogP contribution in [0.1, 0.15) is 37.4 Å². The molecule has 4 rings (SSSR count). The molecule has 3 aromatic carbocycles. The molecule has 1 aliphatic rings. The van der Waals surface area contributed by atoms with E-state index in [0.29, 0.717) is 5.69 Å². The van der Waals surface area contributed by atoms with Crippen LogP contribution in [-0.2, 0) is 10.1 Å². The van der Waals surface area contributed by atoms with Gasteiger partial charge in [0, 0.05) is 22.4 Å². The number of aryl methyl sites for hydroxylation is 1. The van der Waals surface area contributed by atoms with E-state index < -0.39 is 20.8 Å². The molecule has 2 N–H and O–H groups in total. The van der Waals surface area contributed by atoms with Gasteiger partial charge in [-0.3, -0.25) is 14.1 Å². The van der Waals surface area contributed by atoms with E-state index in [1.807, 2.05) is 19.1 Å². The Balaban J connectivity index is 1.96. The Kier molecular flexibility index (Phi) is 4.14. The van der Waals surface area contributed by atoms with Gasteiger partial charge in [0.05, 0.1) is 16.1 Å². The summed E-state index contributed by atoms with van der Waals surface area (Å²) in [5, 5.41) is 3.00. The minimum atomic E-state index is -4.58. The quantitative estimate of drug-likeness (QED) is 0.514. The lowest BCUT2D eigenvalue weighted by molar-refractivity contribution is 0.0979. The largest absolute Gasteiger partial charge is 0.355 e. The summed E-state index contributed by atoms with van der Waals surface area (Å²) in [6, 6.07) is 15.8. The Morgan fingerprint density at radius 1 is 0.821 bits per heavy atom. The van der Waals surface area contributed by atoms with Crippen molar-refractivity contribution < 1.29 is 22.6 Å². The highest BCUT2D eigenvalue weighted by molar-refractivity contribution is 7.85. The van der Waals surface area contributed by atoms with Gasteiger partial charge in [0.2, 0.25) is 0 Å². The molecule has 0 amide bonds. The zero-order valence-corrected chi connectivity index (χ0v) is 15.6. The van der Waals surface area contributed by atoms with Crippen LogP contribution < -0.4 is 5.32 Å². The number of nitrogens with one attached hydrogen (secondary N) is 1. The minimum absolute atomic E-state index is 0.0616. The molecule has 0 unspecified atom stereocenters. The van der Waals surface area contributed by atoms with Crippen LogP contribution in [0, 0.1) is 6.92 Å². The summed E-state index contributed by atoms with van der Waals surface area (Å²) in [6.45, 7) is 1.92. The molecule has 7 heteroatoms. The molecule has 0 heterocycles. The number of rotatable bonds is 3. The monoisotopic (exact) mass is 393 g/mol. The molecule has 0 radical (unpaired) electrons. The van der Waals surface area contributed by atoms with Gasteiger partial charge in [0.1, 0.15) is 0 Å². The smallest absolute Gasteiger partial charge is 0.294 e. The first kappa shape index (κ1) is 18.1. The van der Waals surface area contributed by atoms with Crippen molar-refractivity contribution in [2.75, 3.05) is 5.32 Å². The highest BCUT2D eigenvalue weighted by atomic mass is 32.2. The van der Waals surface area contributed by atoms with E-state index in [9.17, 15) is 22.6 Å². The Hall–Kier alpha value is -3.29. The molecular weight excluding hydrogens is 378 g/mol. The molecule has 3 aromatic rings. The number of hydrogen-bond donors (Lipinski definition) is 2. The minimum Gasteiger partial charge on any atom is -0.355 e. The number of benzene rings is 3. The van der Waals surface area contributed by atoms with Crippen LogP contribution in [0.4, 0.5) is 11.4 Å². The topological polar surface area (TPSA) is 101 Å². The standard InChI is InChI=1S/C21H15NO5S/c1-12-6-8-13(9-7-12)22-18-11-14(28(25,26)27)10-17-19(18)21(24)16-5-3-2-4-15(16)20(17)23/h2-11,22H,1H3,(H,25,26,27). The maximum Gasteiger partial charge on any atom is 0.294 e. The predicted molar refractivity (Wildman–Crippen MR) is 104 cm³/mol. The molecule has 0 aliphatic heterocycles. The van der Waals surface area contributed by atoms with Crippen molar-refractivity contribution in [2.24, 2.45) is 0 Å². The highest BCUT2D eigenvalue weighted by Gasteiger charge is 2.33. The van der Waals surface area contributed by atoms with E-state index in [4.69, 9.17) is 0 Å². The van der Waals surface area contributed by atoms with Gasteiger partial charge in [0.25, 0.3) is 10.1 Å². The van der Waals surface area contributed by atoms with Crippen LogP contribution in [0.3, 0.4) is 0 Å². The summed E-state index contributed by atoms with van der Waals surface area (Å²) >= 11 is 0. The lowest BCUT2D eigenvalue weighted by atomic mass is 9.83. The average molecular weight is 393 g/mol. The molecule has 0 atom stereocenters. The second-order valence-electron chi connectivity index (χ2n) is 6.56. The molecular formula is C21H15NO5S. The van der Waals surface area contributed by atoms with Crippen molar-refractivity contribution in [3.8, 4) is 0 Å². The summed E-state index contributed by atoms with van der Waals surface area (Å²) in [6.07, 6.45) is 0. The fraction of sp³-hybridized carbons (Fsp3) is 0.0476. The number of ketones is 2.